The zero-order chi connectivity index (χ0) is 42.6. The van der Waals surface area contributed by atoms with Crippen LogP contribution in [0, 0.1) is 24.7 Å². The number of terminal acetylenes is 2. The van der Waals surface area contributed by atoms with Gasteiger partial charge in [0.15, 0.2) is 0 Å². The maximum absolute atomic E-state index is 12.3. The summed E-state index contributed by atoms with van der Waals surface area (Å²) in [6.45, 7) is 3.58. The average molecular weight is 801 g/mol. The minimum atomic E-state index is -1.02. The van der Waals surface area contributed by atoms with Crippen LogP contribution in [-0.4, -0.2) is 72.4 Å². The number of esters is 2. The van der Waals surface area contributed by atoms with Crippen molar-refractivity contribution in [3.63, 3.8) is 0 Å². The van der Waals surface area contributed by atoms with Crippen LogP contribution >= 0.6 is 0 Å². The van der Waals surface area contributed by atoms with Crippen LogP contribution in [0.4, 0.5) is 0 Å². The lowest BCUT2D eigenvalue weighted by Crippen LogP contribution is -2.25. The van der Waals surface area contributed by atoms with E-state index in [1.165, 1.54) is 0 Å². The third-order valence-electron chi connectivity index (χ3n) is 9.63. The highest BCUT2D eigenvalue weighted by Gasteiger charge is 2.23. The van der Waals surface area contributed by atoms with Crippen LogP contribution in [0.15, 0.2) is 97.1 Å². The Hall–Kier alpha value is -6.20. The maximum atomic E-state index is 12.3. The molecule has 0 saturated heterocycles. The van der Waals surface area contributed by atoms with Crippen molar-refractivity contribution in [1.82, 2.24) is 0 Å². The topological polar surface area (TPSA) is 146 Å². The average Bonchev–Trinajstić information content (AvgIpc) is 3.24. The van der Waals surface area contributed by atoms with E-state index in [2.05, 4.69) is 25.7 Å². The van der Waals surface area contributed by atoms with Gasteiger partial charge in [-0.25, -0.2) is 0 Å². The monoisotopic (exact) mass is 800 g/mol. The Bertz CT molecular complexity index is 1900. The fraction of sp³-hybridized carbons (Fsp3) is 0.347. The Morgan fingerprint density at radius 3 is 1.24 bits per heavy atom. The molecule has 0 aliphatic heterocycles. The Morgan fingerprint density at radius 1 is 0.542 bits per heavy atom. The molecule has 4 rings (SSSR count). The number of Topliss-reactive ketones (excluding diaryl/α,β-unsaturated/α-hetero) is 2. The van der Waals surface area contributed by atoms with Crippen molar-refractivity contribution >= 4 is 23.5 Å². The van der Waals surface area contributed by atoms with Crippen LogP contribution < -0.4 is 9.47 Å². The molecule has 4 aromatic carbocycles. The summed E-state index contributed by atoms with van der Waals surface area (Å²) in [6.07, 6.45) is 10.6. The predicted molar refractivity (Wildman–Crippen MR) is 224 cm³/mol. The highest BCUT2D eigenvalue weighted by Crippen LogP contribution is 2.33. The second-order valence-electron chi connectivity index (χ2n) is 14.8. The van der Waals surface area contributed by atoms with Gasteiger partial charge in [-0.1, -0.05) is 74.2 Å². The lowest BCUT2D eigenvalue weighted by Gasteiger charge is -2.26. The molecule has 0 radical (unpaired) electrons. The van der Waals surface area contributed by atoms with Gasteiger partial charge in [0.25, 0.3) is 0 Å². The van der Waals surface area contributed by atoms with E-state index >= 15 is 0 Å². The van der Waals surface area contributed by atoms with Crippen molar-refractivity contribution < 1.29 is 48.3 Å². The minimum absolute atomic E-state index is 0.0186. The summed E-state index contributed by atoms with van der Waals surface area (Å²) in [5.74, 6) is 5.22. The molecule has 10 heteroatoms. The van der Waals surface area contributed by atoms with Crippen molar-refractivity contribution in [2.24, 2.45) is 0 Å². The number of rotatable bonds is 24. The quantitative estimate of drug-likeness (QED) is 0.0595. The van der Waals surface area contributed by atoms with Crippen LogP contribution in [0.3, 0.4) is 0 Å². The second-order valence-corrected chi connectivity index (χ2v) is 14.8. The molecule has 0 spiro atoms. The largest absolute Gasteiger partial charge is 0.491 e. The van der Waals surface area contributed by atoms with Gasteiger partial charge >= 0.3 is 11.9 Å². The minimum Gasteiger partial charge on any atom is -0.491 e. The highest BCUT2D eigenvalue weighted by molar-refractivity contribution is 5.82. The van der Waals surface area contributed by atoms with E-state index in [0.29, 0.717) is 24.3 Å². The third-order valence-corrected chi connectivity index (χ3v) is 9.63. The number of benzene rings is 4. The smallest absolute Gasteiger partial charge is 0.305 e. The first kappa shape index (κ1) is 45.5. The number of aliphatic hydroxyl groups excluding tert-OH is 2. The number of hydrogen-bond donors (Lipinski definition) is 2. The molecule has 0 aliphatic rings. The summed E-state index contributed by atoms with van der Waals surface area (Å²) in [5.41, 5.74) is 4.89. The molecular formula is C49H52O10. The molecule has 308 valence electrons. The van der Waals surface area contributed by atoms with Crippen molar-refractivity contribution in [1.29, 1.82) is 0 Å². The van der Waals surface area contributed by atoms with Crippen molar-refractivity contribution in [3.05, 3.63) is 130 Å². The molecule has 0 fully saturated rings. The molecule has 0 amide bonds. The fourth-order valence-corrected chi connectivity index (χ4v) is 6.04. The molecule has 59 heavy (non-hydrogen) atoms. The molecule has 0 aliphatic carbocycles. The maximum Gasteiger partial charge on any atom is 0.305 e. The van der Waals surface area contributed by atoms with E-state index in [1.807, 2.05) is 72.8 Å². The second kappa shape index (κ2) is 23.3. The van der Waals surface area contributed by atoms with E-state index in [1.54, 1.807) is 24.3 Å². The van der Waals surface area contributed by atoms with Gasteiger partial charge in [0, 0.05) is 55.1 Å². The Kier molecular flexibility index (Phi) is 17.9. The normalized spacial score (nSPS) is 12.0. The number of ketones is 2. The molecule has 0 aromatic heterocycles. The van der Waals surface area contributed by atoms with Crippen LogP contribution in [0.1, 0.15) is 85.8 Å². The zero-order valence-electron chi connectivity index (χ0n) is 33.7. The number of carbonyl (C=O) groups excluding carboxylic acids is 4. The number of ether oxygens (including phenoxy) is 4. The van der Waals surface area contributed by atoms with Gasteiger partial charge in [-0.05, 0) is 83.6 Å². The molecule has 2 N–H and O–H groups in total. The highest BCUT2D eigenvalue weighted by atomic mass is 16.6. The lowest BCUT2D eigenvalue weighted by atomic mass is 9.78. The van der Waals surface area contributed by atoms with Gasteiger partial charge in [0.05, 0.1) is 0 Å². The van der Waals surface area contributed by atoms with Gasteiger partial charge in [0.2, 0.25) is 0 Å². The summed E-state index contributed by atoms with van der Waals surface area (Å²) in [6, 6.07) is 29.4. The van der Waals surface area contributed by atoms with Gasteiger partial charge in [0.1, 0.15) is 61.7 Å². The number of hydrogen-bond acceptors (Lipinski definition) is 10. The Labute approximate surface area is 346 Å². The molecule has 10 nitrogen and oxygen atoms in total. The lowest BCUT2D eigenvalue weighted by molar-refractivity contribution is -0.148. The van der Waals surface area contributed by atoms with Gasteiger partial charge in [-0.2, -0.15) is 0 Å². The Morgan fingerprint density at radius 2 is 0.898 bits per heavy atom. The van der Waals surface area contributed by atoms with Crippen LogP contribution in [0.5, 0.6) is 11.5 Å². The summed E-state index contributed by atoms with van der Waals surface area (Å²) in [7, 11) is 0. The zero-order valence-corrected chi connectivity index (χ0v) is 33.7. The van der Waals surface area contributed by atoms with Crippen molar-refractivity contribution in [2.45, 2.75) is 82.8 Å². The van der Waals surface area contributed by atoms with Crippen LogP contribution in [0.2, 0.25) is 0 Å². The molecule has 0 saturated carbocycles. The summed E-state index contributed by atoms with van der Waals surface area (Å²) in [4.78, 5) is 48.8. The SMILES string of the molecule is C#Cc1ccc(CC(=O)CCCC(=O)OCC(O)COc2ccc(C(C)(C)c3ccc(OCC(O)COC(=O)CCCC(=O)Cc4ccc(C#C)cc4)cc3)cc2)cc1. The van der Waals surface area contributed by atoms with E-state index in [0.717, 1.165) is 33.4 Å². The molecule has 2 unspecified atom stereocenters. The van der Waals surface area contributed by atoms with Crippen molar-refractivity contribution in [3.8, 4) is 36.2 Å². The van der Waals surface area contributed by atoms with E-state index in [-0.39, 0.29) is 81.9 Å². The van der Waals surface area contributed by atoms with E-state index in [9.17, 15) is 29.4 Å². The van der Waals surface area contributed by atoms with E-state index in [4.69, 9.17) is 31.8 Å². The summed E-state index contributed by atoms with van der Waals surface area (Å²) < 4.78 is 21.8. The first-order chi connectivity index (χ1) is 28.3. The molecule has 2 atom stereocenters. The van der Waals surface area contributed by atoms with Gasteiger partial charge in [-0.3, -0.25) is 19.2 Å². The molecule has 4 aromatic rings. The third kappa shape index (κ3) is 15.9. The molecular weight excluding hydrogens is 749 g/mol. The van der Waals surface area contributed by atoms with Gasteiger partial charge < -0.3 is 29.2 Å². The Balaban J connectivity index is 1.08. The van der Waals surface area contributed by atoms with Crippen LogP contribution in [-0.2, 0) is 46.9 Å². The fourth-order valence-electron chi connectivity index (χ4n) is 6.04. The standard InChI is InChI=1S/C49H52O10/c1-5-35-13-17-37(18-14-35)29-41(50)9-7-11-47(54)58-33-43(52)31-56-45-25-21-39(22-26-45)49(3,4)40-23-27-46(28-24-40)57-32-44(53)34-59-48(55)12-8-10-42(51)30-38-19-15-36(6-2)16-20-38/h1-2,13-28,43-44,52-53H,7-12,29-34H2,3-4H3. The predicted octanol–water partition coefficient (Wildman–Crippen LogP) is 6.51. The van der Waals surface area contributed by atoms with Crippen molar-refractivity contribution in [2.75, 3.05) is 26.4 Å². The summed E-state index contributed by atoms with van der Waals surface area (Å²) in [5, 5.41) is 20.6. The summed E-state index contributed by atoms with van der Waals surface area (Å²) >= 11 is 0. The van der Waals surface area contributed by atoms with E-state index < -0.39 is 24.1 Å². The first-order valence-corrected chi connectivity index (χ1v) is 19.6. The number of aliphatic hydroxyl groups is 2. The van der Waals surface area contributed by atoms with Crippen LogP contribution in [0.25, 0.3) is 0 Å². The number of carbonyl (C=O) groups is 4. The molecule has 0 heterocycles. The first-order valence-electron chi connectivity index (χ1n) is 19.6. The molecule has 0 bridgehead atoms. The van der Waals surface area contributed by atoms with Gasteiger partial charge in [-0.15, -0.1) is 12.8 Å².